The summed E-state index contributed by atoms with van der Waals surface area (Å²) in [7, 11) is 0. The quantitative estimate of drug-likeness (QED) is 0.558. The van der Waals surface area contributed by atoms with Crippen molar-refractivity contribution in [2.24, 2.45) is 0 Å². The van der Waals surface area contributed by atoms with Gasteiger partial charge in [-0.1, -0.05) is 74.2 Å². The van der Waals surface area contributed by atoms with E-state index >= 15 is 0 Å². The van der Waals surface area contributed by atoms with Crippen molar-refractivity contribution in [1.82, 2.24) is 10.2 Å². The average Bonchev–Trinajstić information content (AvgIpc) is 2.80. The molecular formula is C26H33ClN2O3. The summed E-state index contributed by atoms with van der Waals surface area (Å²) in [4.78, 5) is 28.2. The molecule has 1 aliphatic carbocycles. The molecular weight excluding hydrogens is 424 g/mol. The number of hydrogen-bond donors (Lipinski definition) is 1. The second-order valence-electron chi connectivity index (χ2n) is 8.43. The van der Waals surface area contributed by atoms with Gasteiger partial charge in [0, 0.05) is 12.6 Å². The molecule has 2 aromatic carbocycles. The van der Waals surface area contributed by atoms with E-state index in [1.54, 1.807) is 17.0 Å². The van der Waals surface area contributed by atoms with Gasteiger partial charge < -0.3 is 15.0 Å². The number of benzene rings is 2. The number of amides is 2. The minimum Gasteiger partial charge on any atom is -0.482 e. The number of ether oxygens (including phenoxy) is 1. The van der Waals surface area contributed by atoms with Crippen LogP contribution in [-0.4, -0.2) is 35.4 Å². The van der Waals surface area contributed by atoms with Crippen molar-refractivity contribution < 1.29 is 14.3 Å². The smallest absolute Gasteiger partial charge is 0.261 e. The summed E-state index contributed by atoms with van der Waals surface area (Å²) < 4.78 is 5.72. The van der Waals surface area contributed by atoms with Gasteiger partial charge >= 0.3 is 0 Å². The zero-order valence-corrected chi connectivity index (χ0v) is 19.7. The highest BCUT2D eigenvalue weighted by atomic mass is 35.5. The number of halogens is 1. The fourth-order valence-electron chi connectivity index (χ4n) is 4.22. The second kappa shape index (κ2) is 11.9. The molecule has 1 fully saturated rings. The summed E-state index contributed by atoms with van der Waals surface area (Å²) in [5.74, 6) is 0.135. The van der Waals surface area contributed by atoms with E-state index in [1.807, 2.05) is 50.2 Å². The number of carbonyl (C=O) groups is 2. The zero-order chi connectivity index (χ0) is 22.9. The highest BCUT2D eigenvalue weighted by molar-refractivity contribution is 6.32. The molecule has 0 aromatic heterocycles. The summed E-state index contributed by atoms with van der Waals surface area (Å²) in [5.41, 5.74) is 2.10. The Balaban J connectivity index is 1.77. The number of nitrogens with zero attached hydrogens (tertiary/aromatic N) is 1. The van der Waals surface area contributed by atoms with Gasteiger partial charge in [-0.3, -0.25) is 9.59 Å². The molecule has 6 heteroatoms. The van der Waals surface area contributed by atoms with Crippen molar-refractivity contribution in [3.63, 3.8) is 0 Å². The molecule has 5 nitrogen and oxygen atoms in total. The lowest BCUT2D eigenvalue weighted by Crippen LogP contribution is -2.52. The number of carbonyl (C=O) groups excluding carboxylic acids is 2. The van der Waals surface area contributed by atoms with Crippen LogP contribution in [0.2, 0.25) is 5.02 Å². The van der Waals surface area contributed by atoms with Crippen molar-refractivity contribution >= 4 is 23.4 Å². The fourth-order valence-corrected chi connectivity index (χ4v) is 4.41. The third-order valence-electron chi connectivity index (χ3n) is 6.13. The Morgan fingerprint density at radius 3 is 2.47 bits per heavy atom. The minimum atomic E-state index is -0.557. The number of nitrogens with one attached hydrogen (secondary N) is 1. The molecule has 3 rings (SSSR count). The van der Waals surface area contributed by atoms with Crippen LogP contribution in [0.15, 0.2) is 48.5 Å². The lowest BCUT2D eigenvalue weighted by Gasteiger charge is -2.33. The van der Waals surface area contributed by atoms with E-state index in [2.05, 4.69) is 5.32 Å². The SMILES string of the molecule is CCC(C(=O)NC1CCCCC1)N(Cc1ccccc1C)C(=O)COc1ccccc1Cl. The maximum atomic E-state index is 13.3. The standard InChI is InChI=1S/C26H33ClN2O3/c1-3-23(26(31)28-21-13-5-4-6-14-21)29(17-20-12-8-7-11-19(20)2)25(30)18-32-24-16-10-9-15-22(24)27/h7-12,15-16,21,23H,3-6,13-14,17-18H2,1-2H3,(H,28,31). The van der Waals surface area contributed by atoms with E-state index in [9.17, 15) is 9.59 Å². The first-order valence-corrected chi connectivity index (χ1v) is 11.9. The summed E-state index contributed by atoms with van der Waals surface area (Å²) in [5, 5.41) is 3.65. The van der Waals surface area contributed by atoms with Gasteiger partial charge in [0.2, 0.25) is 5.91 Å². The molecule has 0 spiro atoms. The van der Waals surface area contributed by atoms with Gasteiger partial charge in [0.1, 0.15) is 11.8 Å². The van der Waals surface area contributed by atoms with Crippen molar-refractivity contribution in [1.29, 1.82) is 0 Å². The lowest BCUT2D eigenvalue weighted by atomic mass is 9.95. The molecule has 0 heterocycles. The van der Waals surface area contributed by atoms with E-state index < -0.39 is 6.04 Å². The topological polar surface area (TPSA) is 58.6 Å². The van der Waals surface area contributed by atoms with Gasteiger partial charge in [0.25, 0.3) is 5.91 Å². The maximum absolute atomic E-state index is 13.3. The normalized spacial score (nSPS) is 15.1. The van der Waals surface area contributed by atoms with Gasteiger partial charge in [-0.25, -0.2) is 0 Å². The molecule has 172 valence electrons. The Bertz CT molecular complexity index is 911. The molecule has 0 saturated heterocycles. The Kier molecular flexibility index (Phi) is 8.98. The summed E-state index contributed by atoms with van der Waals surface area (Å²) >= 11 is 6.17. The number of para-hydroxylation sites is 1. The van der Waals surface area contributed by atoms with E-state index in [-0.39, 0.29) is 24.5 Å². The first-order chi connectivity index (χ1) is 15.5. The summed E-state index contributed by atoms with van der Waals surface area (Å²) in [6.45, 7) is 4.14. The Morgan fingerprint density at radius 1 is 1.09 bits per heavy atom. The van der Waals surface area contributed by atoms with Crippen LogP contribution in [0.3, 0.4) is 0 Å². The number of hydrogen-bond acceptors (Lipinski definition) is 3. The molecule has 0 bridgehead atoms. The van der Waals surface area contributed by atoms with Crippen LogP contribution in [0.4, 0.5) is 0 Å². The number of aryl methyl sites for hydroxylation is 1. The molecule has 1 atom stereocenters. The van der Waals surface area contributed by atoms with E-state index in [0.29, 0.717) is 23.7 Å². The van der Waals surface area contributed by atoms with Gasteiger partial charge in [0.15, 0.2) is 6.61 Å². The van der Waals surface area contributed by atoms with Gasteiger partial charge in [-0.2, -0.15) is 0 Å². The van der Waals surface area contributed by atoms with E-state index in [1.165, 1.54) is 6.42 Å². The molecule has 1 N–H and O–H groups in total. The average molecular weight is 457 g/mol. The molecule has 0 radical (unpaired) electrons. The first-order valence-electron chi connectivity index (χ1n) is 11.5. The van der Waals surface area contributed by atoms with Crippen LogP contribution in [-0.2, 0) is 16.1 Å². The Hall–Kier alpha value is -2.53. The van der Waals surface area contributed by atoms with Gasteiger partial charge in [0.05, 0.1) is 5.02 Å². The summed E-state index contributed by atoms with van der Waals surface area (Å²) in [6, 6.07) is 14.6. The van der Waals surface area contributed by atoms with Gasteiger partial charge in [-0.05, 0) is 49.4 Å². The molecule has 2 amide bonds. The van der Waals surface area contributed by atoms with Crippen LogP contribution >= 0.6 is 11.6 Å². The van der Waals surface area contributed by atoms with Gasteiger partial charge in [-0.15, -0.1) is 0 Å². The van der Waals surface area contributed by atoms with E-state index in [0.717, 1.165) is 36.8 Å². The predicted molar refractivity (Wildman–Crippen MR) is 128 cm³/mol. The lowest BCUT2D eigenvalue weighted by molar-refractivity contribution is -0.143. The minimum absolute atomic E-state index is 0.0842. The van der Waals surface area contributed by atoms with Crippen molar-refractivity contribution in [3.8, 4) is 5.75 Å². The monoisotopic (exact) mass is 456 g/mol. The van der Waals surface area contributed by atoms with Crippen molar-refractivity contribution in [2.45, 2.75) is 71.0 Å². The summed E-state index contributed by atoms with van der Waals surface area (Å²) in [6.07, 6.45) is 6.04. The van der Waals surface area contributed by atoms with Crippen LogP contribution < -0.4 is 10.1 Å². The highest BCUT2D eigenvalue weighted by Crippen LogP contribution is 2.24. The molecule has 0 aliphatic heterocycles. The Labute approximate surface area is 196 Å². The third-order valence-corrected chi connectivity index (χ3v) is 6.44. The molecule has 32 heavy (non-hydrogen) atoms. The fraction of sp³-hybridized carbons (Fsp3) is 0.462. The third kappa shape index (κ3) is 6.49. The highest BCUT2D eigenvalue weighted by Gasteiger charge is 2.30. The number of rotatable bonds is 9. The zero-order valence-electron chi connectivity index (χ0n) is 19.0. The predicted octanol–water partition coefficient (Wildman–Crippen LogP) is 5.28. The second-order valence-corrected chi connectivity index (χ2v) is 8.84. The van der Waals surface area contributed by atoms with Crippen LogP contribution in [0, 0.1) is 6.92 Å². The van der Waals surface area contributed by atoms with Crippen molar-refractivity contribution in [3.05, 3.63) is 64.7 Å². The largest absolute Gasteiger partial charge is 0.482 e. The van der Waals surface area contributed by atoms with Crippen LogP contribution in [0.25, 0.3) is 0 Å². The maximum Gasteiger partial charge on any atom is 0.261 e. The molecule has 1 aliphatic rings. The molecule has 2 aromatic rings. The molecule has 1 unspecified atom stereocenters. The molecule has 1 saturated carbocycles. The van der Waals surface area contributed by atoms with E-state index in [4.69, 9.17) is 16.3 Å². The van der Waals surface area contributed by atoms with Crippen LogP contribution in [0.1, 0.15) is 56.6 Å². The Morgan fingerprint density at radius 2 is 1.78 bits per heavy atom. The van der Waals surface area contributed by atoms with Crippen LogP contribution in [0.5, 0.6) is 5.75 Å². The first kappa shape index (κ1) is 24.1. The van der Waals surface area contributed by atoms with Crippen molar-refractivity contribution in [2.75, 3.05) is 6.61 Å².